The number of hydrogen-bond acceptors (Lipinski definition) is 2. The predicted molar refractivity (Wildman–Crippen MR) is 112 cm³/mol. The molecule has 27 heavy (non-hydrogen) atoms. The maximum absolute atomic E-state index is 13.2. The fourth-order valence-corrected chi connectivity index (χ4v) is 4.54. The van der Waals surface area contributed by atoms with Crippen molar-refractivity contribution in [3.05, 3.63) is 70.2 Å². The van der Waals surface area contributed by atoms with Gasteiger partial charge in [-0.1, -0.05) is 61.0 Å². The van der Waals surface area contributed by atoms with Gasteiger partial charge < -0.3 is 5.32 Å². The summed E-state index contributed by atoms with van der Waals surface area (Å²) in [5, 5.41) is 3.82. The van der Waals surface area contributed by atoms with Crippen molar-refractivity contribution in [2.45, 2.75) is 45.2 Å². The van der Waals surface area contributed by atoms with E-state index in [1.807, 2.05) is 37.3 Å². The summed E-state index contributed by atoms with van der Waals surface area (Å²) < 4.78 is 0. The van der Waals surface area contributed by atoms with Crippen molar-refractivity contribution in [1.29, 1.82) is 0 Å². The summed E-state index contributed by atoms with van der Waals surface area (Å²) in [4.78, 5) is 15.6. The van der Waals surface area contributed by atoms with Crippen LogP contribution in [-0.2, 0) is 0 Å². The Morgan fingerprint density at radius 2 is 1.93 bits per heavy atom. The largest absolute Gasteiger partial charge is 0.343 e. The molecule has 1 N–H and O–H groups in total. The number of likely N-dealkylation sites (tertiary alicyclic amines) is 1. The number of benzene rings is 2. The lowest BCUT2D eigenvalue weighted by atomic mass is 9.76. The Balaban J connectivity index is 1.98. The molecule has 3 unspecified atom stereocenters. The number of hydrogen-bond donors (Lipinski definition) is 1. The standard InChI is InChI=1S/C23H29ClN2O/c1-16-13-14-23(3,26(4)15-16)21(18-10-6-5-7-11-18)25-22(27)20-17(2)9-8-12-19(20)24/h5-12,16,21H,13-15H2,1-4H3,(H,25,27). The lowest BCUT2D eigenvalue weighted by Gasteiger charge is -2.50. The number of halogens is 1. The first-order valence-corrected chi connectivity index (χ1v) is 10.0. The molecule has 1 amide bonds. The number of nitrogens with zero attached hydrogens (tertiary/aromatic N) is 1. The van der Waals surface area contributed by atoms with Crippen molar-refractivity contribution < 1.29 is 4.79 Å². The molecule has 1 fully saturated rings. The van der Waals surface area contributed by atoms with E-state index in [-0.39, 0.29) is 17.5 Å². The Morgan fingerprint density at radius 1 is 1.22 bits per heavy atom. The second-order valence-corrected chi connectivity index (χ2v) is 8.54. The average molecular weight is 385 g/mol. The maximum atomic E-state index is 13.2. The highest BCUT2D eigenvalue weighted by molar-refractivity contribution is 6.34. The maximum Gasteiger partial charge on any atom is 0.253 e. The number of nitrogens with one attached hydrogen (secondary N) is 1. The molecular formula is C23H29ClN2O. The summed E-state index contributed by atoms with van der Waals surface area (Å²) in [5.74, 6) is 0.557. The van der Waals surface area contributed by atoms with Gasteiger partial charge in [0.25, 0.3) is 5.91 Å². The van der Waals surface area contributed by atoms with Gasteiger partial charge in [-0.3, -0.25) is 9.69 Å². The van der Waals surface area contributed by atoms with Crippen molar-refractivity contribution in [1.82, 2.24) is 10.2 Å². The molecule has 2 aromatic rings. The first-order valence-electron chi connectivity index (χ1n) is 9.65. The van der Waals surface area contributed by atoms with E-state index in [9.17, 15) is 4.79 Å². The molecule has 1 heterocycles. The highest BCUT2D eigenvalue weighted by Crippen LogP contribution is 2.39. The Hall–Kier alpha value is -1.84. The van der Waals surface area contributed by atoms with Crippen molar-refractivity contribution in [3.8, 4) is 0 Å². The van der Waals surface area contributed by atoms with Crippen LogP contribution in [0.4, 0.5) is 0 Å². The molecule has 2 aromatic carbocycles. The smallest absolute Gasteiger partial charge is 0.253 e. The van der Waals surface area contributed by atoms with E-state index in [0.29, 0.717) is 16.5 Å². The Kier molecular flexibility index (Phi) is 5.92. The molecule has 1 aliphatic heterocycles. The SMILES string of the molecule is Cc1cccc(Cl)c1C(=O)NC(c1ccccc1)C1(C)CCC(C)CN1C. The van der Waals surface area contributed by atoms with Crippen molar-refractivity contribution in [3.63, 3.8) is 0 Å². The number of carbonyl (C=O) groups excluding carboxylic acids is 1. The Labute approximate surface area is 167 Å². The third kappa shape index (κ3) is 4.04. The van der Waals surface area contributed by atoms with Gasteiger partial charge in [0.05, 0.1) is 16.6 Å². The summed E-state index contributed by atoms with van der Waals surface area (Å²) in [6.45, 7) is 7.50. The van der Waals surface area contributed by atoms with Gasteiger partial charge in [0.15, 0.2) is 0 Å². The van der Waals surface area contributed by atoms with Gasteiger partial charge in [-0.2, -0.15) is 0 Å². The second kappa shape index (κ2) is 8.04. The number of likely N-dealkylation sites (N-methyl/N-ethyl adjacent to an activating group) is 1. The van der Waals surface area contributed by atoms with Gasteiger partial charge in [0.1, 0.15) is 0 Å². The molecule has 0 bridgehead atoms. The van der Waals surface area contributed by atoms with E-state index < -0.39 is 0 Å². The number of aryl methyl sites for hydroxylation is 1. The number of rotatable bonds is 4. The third-order valence-corrected chi connectivity index (χ3v) is 6.40. The van der Waals surface area contributed by atoms with Gasteiger partial charge in [-0.15, -0.1) is 0 Å². The van der Waals surface area contributed by atoms with E-state index in [4.69, 9.17) is 11.6 Å². The summed E-state index contributed by atoms with van der Waals surface area (Å²) in [6, 6.07) is 15.7. The first kappa shape index (κ1) is 19.9. The monoisotopic (exact) mass is 384 g/mol. The van der Waals surface area contributed by atoms with Crippen LogP contribution in [0.1, 0.15) is 54.2 Å². The van der Waals surface area contributed by atoms with Crippen LogP contribution in [-0.4, -0.2) is 29.9 Å². The van der Waals surface area contributed by atoms with Crippen LogP contribution < -0.4 is 5.32 Å². The molecule has 0 aromatic heterocycles. The summed E-state index contributed by atoms with van der Waals surface area (Å²) in [7, 11) is 2.17. The van der Waals surface area contributed by atoms with Crippen LogP contribution >= 0.6 is 11.6 Å². The lowest BCUT2D eigenvalue weighted by Crippen LogP contribution is -2.57. The van der Waals surface area contributed by atoms with E-state index in [2.05, 4.69) is 43.2 Å². The fraction of sp³-hybridized carbons (Fsp3) is 0.435. The molecule has 3 nitrogen and oxygen atoms in total. The normalized spacial score (nSPS) is 24.4. The number of amides is 1. The molecular weight excluding hydrogens is 356 g/mol. The average Bonchev–Trinajstić information content (AvgIpc) is 2.64. The molecule has 1 aliphatic rings. The molecule has 0 radical (unpaired) electrons. The number of piperidine rings is 1. The highest BCUT2D eigenvalue weighted by Gasteiger charge is 2.42. The quantitative estimate of drug-likeness (QED) is 0.781. The molecule has 3 rings (SSSR count). The Bertz CT molecular complexity index is 787. The van der Waals surface area contributed by atoms with Crippen LogP contribution in [0.5, 0.6) is 0 Å². The van der Waals surface area contributed by atoms with Crippen molar-refractivity contribution in [2.24, 2.45) is 5.92 Å². The van der Waals surface area contributed by atoms with E-state index in [1.165, 1.54) is 0 Å². The molecule has 0 aliphatic carbocycles. The lowest BCUT2D eigenvalue weighted by molar-refractivity contribution is 0.0276. The van der Waals surface area contributed by atoms with Gasteiger partial charge in [0, 0.05) is 12.1 Å². The van der Waals surface area contributed by atoms with Gasteiger partial charge >= 0.3 is 0 Å². The van der Waals surface area contributed by atoms with Crippen molar-refractivity contribution >= 4 is 17.5 Å². The first-order chi connectivity index (χ1) is 12.8. The molecule has 1 saturated heterocycles. The van der Waals surface area contributed by atoms with Crippen LogP contribution in [0.25, 0.3) is 0 Å². The van der Waals surface area contributed by atoms with E-state index >= 15 is 0 Å². The van der Waals surface area contributed by atoms with Crippen LogP contribution in [0.2, 0.25) is 5.02 Å². The Morgan fingerprint density at radius 3 is 2.56 bits per heavy atom. The minimum Gasteiger partial charge on any atom is -0.343 e. The minimum absolute atomic E-state index is 0.111. The minimum atomic E-state index is -0.154. The van der Waals surface area contributed by atoms with E-state index in [0.717, 1.165) is 30.5 Å². The van der Waals surface area contributed by atoms with E-state index in [1.54, 1.807) is 6.07 Å². The third-order valence-electron chi connectivity index (χ3n) is 6.08. The summed E-state index contributed by atoms with van der Waals surface area (Å²) in [6.07, 6.45) is 2.19. The fourth-order valence-electron chi connectivity index (χ4n) is 4.23. The summed E-state index contributed by atoms with van der Waals surface area (Å²) >= 11 is 6.35. The molecule has 144 valence electrons. The van der Waals surface area contributed by atoms with Crippen LogP contribution in [0.3, 0.4) is 0 Å². The van der Waals surface area contributed by atoms with Gasteiger partial charge in [0.2, 0.25) is 0 Å². The van der Waals surface area contributed by atoms with Crippen LogP contribution in [0.15, 0.2) is 48.5 Å². The summed E-state index contributed by atoms with van der Waals surface area (Å²) in [5.41, 5.74) is 2.43. The van der Waals surface area contributed by atoms with Gasteiger partial charge in [-0.25, -0.2) is 0 Å². The topological polar surface area (TPSA) is 32.3 Å². The van der Waals surface area contributed by atoms with Crippen LogP contribution in [0, 0.1) is 12.8 Å². The molecule has 0 saturated carbocycles. The molecule has 0 spiro atoms. The molecule has 4 heteroatoms. The zero-order valence-corrected chi connectivity index (χ0v) is 17.4. The zero-order valence-electron chi connectivity index (χ0n) is 16.6. The predicted octanol–water partition coefficient (Wildman–Crippen LogP) is 5.24. The highest BCUT2D eigenvalue weighted by atomic mass is 35.5. The number of carbonyl (C=O) groups is 1. The van der Waals surface area contributed by atoms with Gasteiger partial charge in [-0.05, 0) is 56.8 Å². The zero-order chi connectivity index (χ0) is 19.6. The molecule has 3 atom stereocenters. The second-order valence-electron chi connectivity index (χ2n) is 8.13. The van der Waals surface area contributed by atoms with Crippen molar-refractivity contribution in [2.75, 3.05) is 13.6 Å².